The Morgan fingerprint density at radius 1 is 1.06 bits per heavy atom. The highest BCUT2D eigenvalue weighted by Gasteiger charge is 2.48. The van der Waals surface area contributed by atoms with E-state index in [9.17, 15) is 4.79 Å². The number of rotatable bonds is 0. The molecule has 3 aliphatic rings. The number of esters is 1. The molecule has 98 valence electrons. The average molecular weight is 238 g/mol. The normalized spacial score (nSPS) is 43.9. The van der Waals surface area contributed by atoms with Gasteiger partial charge in [0.15, 0.2) is 0 Å². The molecule has 0 N–H and O–H groups in total. The van der Waals surface area contributed by atoms with Crippen LogP contribution in [-0.2, 0) is 9.53 Å². The van der Waals surface area contributed by atoms with Gasteiger partial charge >= 0.3 is 5.97 Å². The fourth-order valence-corrected chi connectivity index (χ4v) is 3.97. The molecule has 3 fully saturated rings. The molecule has 0 spiro atoms. The van der Waals surface area contributed by atoms with Gasteiger partial charge in [0.25, 0.3) is 0 Å². The van der Waals surface area contributed by atoms with Gasteiger partial charge in [0.05, 0.1) is 5.92 Å². The third kappa shape index (κ3) is 2.36. The zero-order chi connectivity index (χ0) is 12.4. The van der Waals surface area contributed by atoms with Gasteiger partial charge in [0.2, 0.25) is 0 Å². The van der Waals surface area contributed by atoms with E-state index in [2.05, 4.69) is 6.92 Å². The predicted molar refractivity (Wildman–Crippen MR) is 68.6 cm³/mol. The van der Waals surface area contributed by atoms with Crippen molar-refractivity contribution in [1.82, 2.24) is 0 Å². The zero-order valence-electron chi connectivity index (χ0n) is 11.4. The fraction of sp³-hybridized carbons (Fsp3) is 0.933. The first-order chi connectivity index (χ1) is 8.25. The van der Waals surface area contributed by atoms with Crippen molar-refractivity contribution in [2.75, 3.05) is 0 Å². The number of hydrogen-bond donors (Lipinski definition) is 0. The minimum absolute atomic E-state index is 0.0589. The van der Waals surface area contributed by atoms with Crippen LogP contribution in [0.5, 0.6) is 0 Å². The van der Waals surface area contributed by atoms with E-state index in [1.54, 1.807) is 0 Å². The highest BCUT2D eigenvalue weighted by atomic mass is 16.6. The number of carbonyl (C=O) groups is 1. The molecule has 0 aromatic heterocycles. The molecule has 1 heterocycles. The van der Waals surface area contributed by atoms with Crippen LogP contribution in [0.15, 0.2) is 0 Å². The quantitative estimate of drug-likeness (QED) is 0.600. The van der Waals surface area contributed by atoms with E-state index in [0.29, 0.717) is 5.92 Å². The molecule has 2 nitrogen and oxygen atoms in total. The summed E-state index contributed by atoms with van der Waals surface area (Å²) in [6.07, 6.45) is 8.25. The van der Waals surface area contributed by atoms with Crippen LogP contribution in [0.4, 0.5) is 0 Å². The molecular weight excluding hydrogens is 212 g/mol. The van der Waals surface area contributed by atoms with Gasteiger partial charge in [-0.1, -0.05) is 46.5 Å². The lowest BCUT2D eigenvalue weighted by molar-refractivity contribution is -0.144. The average Bonchev–Trinajstić information content (AvgIpc) is 2.65. The van der Waals surface area contributed by atoms with Gasteiger partial charge in [-0.25, -0.2) is 0 Å². The van der Waals surface area contributed by atoms with Gasteiger partial charge in [0, 0.05) is 5.92 Å². The molecule has 1 saturated heterocycles. The molecule has 3 rings (SSSR count). The Bertz CT molecular complexity index is 274. The first-order valence-corrected chi connectivity index (χ1v) is 7.46. The SMILES string of the molecule is CC.C[C@@H]1C(=O)OC2CC3CCCCC3CC21. The number of hydrogen-bond acceptors (Lipinski definition) is 2. The molecule has 0 amide bonds. The summed E-state index contributed by atoms with van der Waals surface area (Å²) in [6, 6.07) is 0. The van der Waals surface area contributed by atoms with E-state index in [-0.39, 0.29) is 18.0 Å². The third-order valence-corrected chi connectivity index (χ3v) is 4.94. The summed E-state index contributed by atoms with van der Waals surface area (Å²) in [7, 11) is 0. The fourth-order valence-electron chi connectivity index (χ4n) is 3.97. The maximum absolute atomic E-state index is 11.5. The Balaban J connectivity index is 0.000000514. The Morgan fingerprint density at radius 3 is 2.29 bits per heavy atom. The molecule has 17 heavy (non-hydrogen) atoms. The van der Waals surface area contributed by atoms with Crippen molar-refractivity contribution in [3.8, 4) is 0 Å². The van der Waals surface area contributed by atoms with Crippen LogP contribution in [0.1, 0.15) is 59.3 Å². The summed E-state index contributed by atoms with van der Waals surface area (Å²) in [6.45, 7) is 6.05. The van der Waals surface area contributed by atoms with Gasteiger partial charge in [-0.15, -0.1) is 0 Å². The van der Waals surface area contributed by atoms with Crippen molar-refractivity contribution >= 4 is 5.97 Å². The second kappa shape index (κ2) is 5.41. The summed E-state index contributed by atoms with van der Waals surface area (Å²) < 4.78 is 5.49. The van der Waals surface area contributed by atoms with Crippen LogP contribution in [0.25, 0.3) is 0 Å². The molecule has 0 aromatic carbocycles. The lowest BCUT2D eigenvalue weighted by atomic mass is 9.65. The van der Waals surface area contributed by atoms with E-state index in [4.69, 9.17) is 4.74 Å². The minimum atomic E-state index is 0.0589. The zero-order valence-corrected chi connectivity index (χ0v) is 11.4. The van der Waals surface area contributed by atoms with E-state index < -0.39 is 0 Å². The molecule has 0 radical (unpaired) electrons. The van der Waals surface area contributed by atoms with Crippen LogP contribution >= 0.6 is 0 Å². The van der Waals surface area contributed by atoms with Gasteiger partial charge in [-0.3, -0.25) is 4.79 Å². The first kappa shape index (κ1) is 12.9. The molecule has 2 heteroatoms. The summed E-state index contributed by atoms with van der Waals surface area (Å²) in [5, 5.41) is 0. The Morgan fingerprint density at radius 2 is 1.65 bits per heavy atom. The molecule has 2 saturated carbocycles. The second-order valence-electron chi connectivity index (χ2n) is 5.70. The van der Waals surface area contributed by atoms with Crippen molar-refractivity contribution in [1.29, 1.82) is 0 Å². The van der Waals surface area contributed by atoms with Crippen LogP contribution in [-0.4, -0.2) is 12.1 Å². The molecule has 4 unspecified atom stereocenters. The van der Waals surface area contributed by atoms with Crippen molar-refractivity contribution in [3.05, 3.63) is 0 Å². The summed E-state index contributed by atoms with van der Waals surface area (Å²) in [5.74, 6) is 2.52. The smallest absolute Gasteiger partial charge is 0.309 e. The predicted octanol–water partition coefficient (Wildman–Crippen LogP) is 3.79. The highest BCUT2D eigenvalue weighted by Crippen LogP contribution is 2.48. The van der Waals surface area contributed by atoms with Gasteiger partial charge in [-0.2, -0.15) is 0 Å². The number of ether oxygens (including phenoxy) is 1. The van der Waals surface area contributed by atoms with Crippen molar-refractivity contribution in [2.45, 2.75) is 65.4 Å². The lowest BCUT2D eigenvalue weighted by Crippen LogP contribution is -2.36. The highest BCUT2D eigenvalue weighted by molar-refractivity contribution is 5.74. The summed E-state index contributed by atoms with van der Waals surface area (Å²) in [5.41, 5.74) is 0. The van der Waals surface area contributed by atoms with Crippen molar-refractivity contribution in [2.24, 2.45) is 23.7 Å². The monoisotopic (exact) mass is 238 g/mol. The van der Waals surface area contributed by atoms with Gasteiger partial charge < -0.3 is 4.74 Å². The van der Waals surface area contributed by atoms with Crippen LogP contribution in [0.3, 0.4) is 0 Å². The number of carbonyl (C=O) groups excluding carboxylic acids is 1. The van der Waals surface area contributed by atoms with Gasteiger partial charge in [0.1, 0.15) is 6.10 Å². The Labute approximate surface area is 105 Å². The van der Waals surface area contributed by atoms with E-state index in [1.165, 1.54) is 32.1 Å². The minimum Gasteiger partial charge on any atom is -0.462 e. The van der Waals surface area contributed by atoms with Crippen LogP contribution in [0, 0.1) is 23.7 Å². The third-order valence-electron chi connectivity index (χ3n) is 4.94. The summed E-state index contributed by atoms with van der Waals surface area (Å²) in [4.78, 5) is 11.5. The van der Waals surface area contributed by atoms with Crippen LogP contribution < -0.4 is 0 Å². The largest absolute Gasteiger partial charge is 0.462 e. The second-order valence-corrected chi connectivity index (χ2v) is 5.70. The van der Waals surface area contributed by atoms with Crippen molar-refractivity contribution in [3.63, 3.8) is 0 Å². The molecule has 5 atom stereocenters. The lowest BCUT2D eigenvalue weighted by Gasteiger charge is -2.40. The first-order valence-electron chi connectivity index (χ1n) is 7.46. The van der Waals surface area contributed by atoms with Crippen LogP contribution in [0.2, 0.25) is 0 Å². The van der Waals surface area contributed by atoms with E-state index in [0.717, 1.165) is 18.3 Å². The molecule has 0 aromatic rings. The molecule has 2 aliphatic carbocycles. The van der Waals surface area contributed by atoms with E-state index >= 15 is 0 Å². The van der Waals surface area contributed by atoms with Gasteiger partial charge in [-0.05, 0) is 24.7 Å². The van der Waals surface area contributed by atoms with E-state index in [1.807, 2.05) is 13.8 Å². The maximum Gasteiger partial charge on any atom is 0.309 e. The maximum atomic E-state index is 11.5. The summed E-state index contributed by atoms with van der Waals surface area (Å²) >= 11 is 0. The van der Waals surface area contributed by atoms with Crippen molar-refractivity contribution < 1.29 is 9.53 Å². The Hall–Kier alpha value is -0.530. The standard InChI is InChI=1S/C13H20O2.C2H6/c1-8-11-6-9-4-2-3-5-10(9)7-12(11)15-13(8)14;1-2/h8-12H,2-7H2,1H3;1-2H3/t8-,9?,10?,11?,12?;/m0./s1. The number of fused-ring (bicyclic) bond motifs is 2. The topological polar surface area (TPSA) is 26.3 Å². The molecule has 0 bridgehead atoms. The molecular formula is C15H26O2. The Kier molecular flexibility index (Phi) is 4.11. The molecule has 1 aliphatic heterocycles.